The van der Waals surface area contributed by atoms with Crippen LogP contribution in [0.3, 0.4) is 0 Å². The Hall–Kier alpha value is -1.81. The summed E-state index contributed by atoms with van der Waals surface area (Å²) in [5, 5.41) is 14.6. The molecule has 1 fully saturated rings. The molecule has 0 aromatic carbocycles. The number of nitrogens with zero attached hydrogens (tertiary/aromatic N) is 1. The molecule has 1 heterocycles. The van der Waals surface area contributed by atoms with E-state index in [1.54, 1.807) is 6.92 Å². The fourth-order valence-electron chi connectivity index (χ4n) is 3.30. The standard InChI is InChI=1S/C19H34N4O5S/c1-11(2)10-14(19(27)28)22-16(24)13(7-9-29-4)21-17(25)15-6-5-8-23(15)18(26)12(3)20/h11-15H,5-10,20H2,1-4H3,(H,21,25)(H,22,24)(H,27,28). The summed E-state index contributed by atoms with van der Waals surface area (Å²) >= 11 is 1.52. The average Bonchev–Trinajstić information content (AvgIpc) is 3.12. The molecule has 0 aliphatic carbocycles. The highest BCUT2D eigenvalue weighted by atomic mass is 32.2. The number of carbonyl (C=O) groups is 4. The van der Waals surface area contributed by atoms with E-state index in [0.717, 1.165) is 0 Å². The maximum Gasteiger partial charge on any atom is 0.326 e. The van der Waals surface area contributed by atoms with E-state index < -0.39 is 42.0 Å². The number of amides is 3. The first-order valence-corrected chi connectivity index (χ1v) is 11.4. The maximum atomic E-state index is 12.8. The Labute approximate surface area is 176 Å². The third-order valence-corrected chi connectivity index (χ3v) is 5.44. The van der Waals surface area contributed by atoms with Gasteiger partial charge in [-0.15, -0.1) is 0 Å². The van der Waals surface area contributed by atoms with Crippen molar-refractivity contribution in [2.45, 2.75) is 70.6 Å². The van der Waals surface area contributed by atoms with Crippen LogP contribution in [0.25, 0.3) is 0 Å². The lowest BCUT2D eigenvalue weighted by Crippen LogP contribution is -2.56. The Kier molecular flexibility index (Phi) is 10.5. The lowest BCUT2D eigenvalue weighted by Gasteiger charge is -2.28. The van der Waals surface area contributed by atoms with Crippen LogP contribution in [0, 0.1) is 5.92 Å². The van der Waals surface area contributed by atoms with Crippen LogP contribution in [0.15, 0.2) is 0 Å². The van der Waals surface area contributed by atoms with Crippen molar-refractivity contribution in [2.24, 2.45) is 11.7 Å². The van der Waals surface area contributed by atoms with Gasteiger partial charge in [0.2, 0.25) is 17.7 Å². The minimum atomic E-state index is -1.11. The SMILES string of the molecule is CSCCC(NC(=O)C1CCCN1C(=O)C(C)N)C(=O)NC(CC(C)C)C(=O)O. The summed E-state index contributed by atoms with van der Waals surface area (Å²) in [6, 6.07) is -3.24. The number of carboxylic acid groups (broad SMARTS) is 1. The van der Waals surface area contributed by atoms with Gasteiger partial charge in [0.15, 0.2) is 0 Å². The Balaban J connectivity index is 2.86. The highest BCUT2D eigenvalue weighted by Crippen LogP contribution is 2.19. The molecule has 1 rings (SSSR count). The van der Waals surface area contributed by atoms with Crippen LogP contribution < -0.4 is 16.4 Å². The van der Waals surface area contributed by atoms with Gasteiger partial charge in [0.1, 0.15) is 18.1 Å². The molecule has 1 aliphatic rings. The summed E-state index contributed by atoms with van der Waals surface area (Å²) in [6.07, 6.45) is 3.74. The van der Waals surface area contributed by atoms with Gasteiger partial charge in [0.25, 0.3) is 0 Å². The van der Waals surface area contributed by atoms with Crippen molar-refractivity contribution in [1.29, 1.82) is 0 Å². The summed E-state index contributed by atoms with van der Waals surface area (Å²) in [7, 11) is 0. The molecule has 29 heavy (non-hydrogen) atoms. The van der Waals surface area contributed by atoms with Crippen LogP contribution in [-0.2, 0) is 19.2 Å². The number of nitrogens with one attached hydrogen (secondary N) is 2. The molecule has 0 spiro atoms. The largest absolute Gasteiger partial charge is 0.480 e. The van der Waals surface area contributed by atoms with Crippen LogP contribution in [0.2, 0.25) is 0 Å². The number of aliphatic carboxylic acids is 1. The van der Waals surface area contributed by atoms with Crippen LogP contribution in [0.5, 0.6) is 0 Å². The van der Waals surface area contributed by atoms with Gasteiger partial charge in [-0.05, 0) is 50.5 Å². The van der Waals surface area contributed by atoms with Crippen LogP contribution >= 0.6 is 11.8 Å². The molecule has 0 bridgehead atoms. The van der Waals surface area contributed by atoms with E-state index in [4.69, 9.17) is 5.73 Å². The van der Waals surface area contributed by atoms with E-state index in [-0.39, 0.29) is 11.8 Å². The predicted molar refractivity (Wildman–Crippen MR) is 112 cm³/mol. The van der Waals surface area contributed by atoms with Gasteiger partial charge in [-0.25, -0.2) is 4.79 Å². The van der Waals surface area contributed by atoms with Crippen LogP contribution in [0.4, 0.5) is 0 Å². The quantitative estimate of drug-likeness (QED) is 0.366. The molecule has 166 valence electrons. The summed E-state index contributed by atoms with van der Waals surface area (Å²) < 4.78 is 0. The molecule has 1 saturated heterocycles. The molecule has 9 nitrogen and oxygen atoms in total. The zero-order valence-electron chi connectivity index (χ0n) is 17.6. The van der Waals surface area contributed by atoms with Crippen molar-refractivity contribution < 1.29 is 24.3 Å². The van der Waals surface area contributed by atoms with E-state index >= 15 is 0 Å². The summed E-state index contributed by atoms with van der Waals surface area (Å²) in [5.74, 6) is -1.63. The van der Waals surface area contributed by atoms with Crippen molar-refractivity contribution in [1.82, 2.24) is 15.5 Å². The molecule has 0 saturated carbocycles. The van der Waals surface area contributed by atoms with Crippen LogP contribution in [0.1, 0.15) is 46.5 Å². The van der Waals surface area contributed by atoms with E-state index in [1.807, 2.05) is 20.1 Å². The Morgan fingerprint density at radius 3 is 2.34 bits per heavy atom. The third kappa shape index (κ3) is 7.85. The monoisotopic (exact) mass is 430 g/mol. The summed E-state index contributed by atoms with van der Waals surface area (Å²) in [4.78, 5) is 50.7. The molecule has 4 atom stereocenters. The fourth-order valence-corrected chi connectivity index (χ4v) is 3.77. The Morgan fingerprint density at radius 2 is 1.83 bits per heavy atom. The molecule has 5 N–H and O–H groups in total. The number of likely N-dealkylation sites (tertiary alicyclic amines) is 1. The second-order valence-corrected chi connectivity index (χ2v) is 8.84. The van der Waals surface area contributed by atoms with E-state index in [0.29, 0.717) is 38.0 Å². The van der Waals surface area contributed by atoms with Gasteiger partial charge in [-0.2, -0.15) is 11.8 Å². The molecule has 10 heteroatoms. The molecule has 4 unspecified atom stereocenters. The lowest BCUT2D eigenvalue weighted by atomic mass is 10.0. The van der Waals surface area contributed by atoms with Crippen LogP contribution in [-0.4, -0.2) is 76.4 Å². The maximum absolute atomic E-state index is 12.8. The number of carboxylic acids is 1. The molecular formula is C19H34N4O5S. The zero-order chi connectivity index (χ0) is 22.1. The van der Waals surface area contributed by atoms with Gasteiger partial charge in [0.05, 0.1) is 6.04 Å². The number of hydrogen-bond donors (Lipinski definition) is 4. The molecule has 0 aromatic rings. The summed E-state index contributed by atoms with van der Waals surface area (Å²) in [5.41, 5.74) is 5.67. The number of rotatable bonds is 11. The minimum Gasteiger partial charge on any atom is -0.480 e. The smallest absolute Gasteiger partial charge is 0.326 e. The average molecular weight is 431 g/mol. The first kappa shape index (κ1) is 25.2. The molecular weight excluding hydrogens is 396 g/mol. The molecule has 0 radical (unpaired) electrons. The van der Waals surface area contributed by atoms with Gasteiger partial charge in [0, 0.05) is 6.54 Å². The van der Waals surface area contributed by atoms with Gasteiger partial charge >= 0.3 is 5.97 Å². The van der Waals surface area contributed by atoms with Gasteiger partial charge < -0.3 is 26.4 Å². The van der Waals surface area contributed by atoms with Crippen molar-refractivity contribution in [3.05, 3.63) is 0 Å². The molecule has 1 aliphatic heterocycles. The van der Waals surface area contributed by atoms with Crippen molar-refractivity contribution in [3.8, 4) is 0 Å². The third-order valence-electron chi connectivity index (χ3n) is 4.79. The highest BCUT2D eigenvalue weighted by molar-refractivity contribution is 7.98. The summed E-state index contributed by atoms with van der Waals surface area (Å²) in [6.45, 7) is 5.78. The van der Waals surface area contributed by atoms with E-state index in [9.17, 15) is 24.3 Å². The first-order valence-electron chi connectivity index (χ1n) is 9.97. The van der Waals surface area contributed by atoms with Crippen molar-refractivity contribution in [3.63, 3.8) is 0 Å². The van der Waals surface area contributed by atoms with E-state index in [1.165, 1.54) is 16.7 Å². The number of hydrogen-bond acceptors (Lipinski definition) is 6. The Morgan fingerprint density at radius 1 is 1.17 bits per heavy atom. The molecule has 3 amide bonds. The topological polar surface area (TPSA) is 142 Å². The number of carbonyl (C=O) groups excluding carboxylic acids is 3. The van der Waals surface area contributed by atoms with E-state index in [2.05, 4.69) is 10.6 Å². The highest BCUT2D eigenvalue weighted by Gasteiger charge is 2.37. The zero-order valence-corrected chi connectivity index (χ0v) is 18.5. The second-order valence-electron chi connectivity index (χ2n) is 7.85. The Bertz CT molecular complexity index is 599. The number of nitrogens with two attached hydrogens (primary N) is 1. The number of thioether (sulfide) groups is 1. The lowest BCUT2D eigenvalue weighted by molar-refractivity contribution is -0.143. The van der Waals surface area contributed by atoms with Gasteiger partial charge in [-0.3, -0.25) is 14.4 Å². The fraction of sp³-hybridized carbons (Fsp3) is 0.789. The molecule has 0 aromatic heterocycles. The minimum absolute atomic E-state index is 0.0898. The second kappa shape index (κ2) is 12.0. The van der Waals surface area contributed by atoms with Crippen molar-refractivity contribution in [2.75, 3.05) is 18.6 Å². The van der Waals surface area contributed by atoms with Crippen molar-refractivity contribution >= 4 is 35.5 Å². The first-order chi connectivity index (χ1) is 13.6. The van der Waals surface area contributed by atoms with Gasteiger partial charge in [-0.1, -0.05) is 13.8 Å². The predicted octanol–water partition coefficient (Wildman–Crippen LogP) is 0.178. The normalized spacial score (nSPS) is 19.5.